The molecule has 3 aromatic rings. The Kier molecular flexibility index (Phi) is 12.8. The predicted octanol–water partition coefficient (Wildman–Crippen LogP) is 2.38. The monoisotopic (exact) mass is 681 g/mol. The van der Waals surface area contributed by atoms with Crippen LogP contribution >= 0.6 is 0 Å². The van der Waals surface area contributed by atoms with Gasteiger partial charge in [0, 0.05) is 43.1 Å². The van der Waals surface area contributed by atoms with Crippen LogP contribution in [-0.2, 0) is 30.8 Å². The number of carbonyl (C=O) groups is 2. The van der Waals surface area contributed by atoms with Crippen LogP contribution in [0.3, 0.4) is 0 Å². The number of amides is 2. The Bertz CT molecular complexity index is 1610. The van der Waals surface area contributed by atoms with Crippen LogP contribution in [0.25, 0.3) is 0 Å². The second-order valence-corrected chi connectivity index (χ2v) is 14.4. The van der Waals surface area contributed by atoms with E-state index >= 15 is 0 Å². The molecule has 0 radical (unpaired) electrons. The number of rotatable bonds is 15. The summed E-state index contributed by atoms with van der Waals surface area (Å²) in [5, 5.41) is 25.0. The topological polar surface area (TPSA) is 166 Å². The molecular weight excluding hydrogens is 634 g/mol. The summed E-state index contributed by atoms with van der Waals surface area (Å²) in [5.41, 5.74) is 8.08. The molecule has 1 aliphatic rings. The molecule has 0 unspecified atom stereocenters. The smallest absolute Gasteiger partial charge is 0.243 e. The minimum Gasteiger partial charge on any atom is -0.508 e. The summed E-state index contributed by atoms with van der Waals surface area (Å²) < 4.78 is 34.1. The van der Waals surface area contributed by atoms with Crippen molar-refractivity contribution in [2.24, 2.45) is 5.92 Å². The van der Waals surface area contributed by atoms with Gasteiger partial charge >= 0.3 is 0 Å². The molecule has 0 bridgehead atoms. The number of benzene rings is 3. The maximum atomic E-state index is 13.8. The minimum atomic E-state index is -4.01. The lowest BCUT2D eigenvalue weighted by Gasteiger charge is -2.33. The average Bonchev–Trinajstić information content (AvgIpc) is 3.06. The maximum Gasteiger partial charge on any atom is 0.243 e. The number of nitrogens with one attached hydrogen (secondary N) is 1. The number of nitrogens with zero attached hydrogens (tertiary/aromatic N) is 3. The Balaban J connectivity index is 1.59. The van der Waals surface area contributed by atoms with Crippen molar-refractivity contribution in [1.29, 1.82) is 0 Å². The highest BCUT2D eigenvalue weighted by molar-refractivity contribution is 7.89. The van der Waals surface area contributed by atoms with Gasteiger partial charge in [-0.25, -0.2) is 8.42 Å². The Hall–Kier alpha value is -4.17. The van der Waals surface area contributed by atoms with E-state index in [-0.39, 0.29) is 55.1 Å². The van der Waals surface area contributed by atoms with E-state index < -0.39 is 28.1 Å². The summed E-state index contributed by atoms with van der Waals surface area (Å²) in [6.07, 6.45) is -1.06. The Labute approximate surface area is 283 Å². The second kappa shape index (κ2) is 16.8. The number of carbonyl (C=O) groups excluding carboxylic acids is 2. The normalized spacial score (nSPS) is 14.9. The van der Waals surface area contributed by atoms with Crippen molar-refractivity contribution in [3.05, 3.63) is 83.9 Å². The molecule has 0 aromatic heterocycles. The lowest BCUT2D eigenvalue weighted by Crippen LogP contribution is -2.53. The summed E-state index contributed by atoms with van der Waals surface area (Å²) in [6.45, 7) is 6.72. The summed E-state index contributed by atoms with van der Waals surface area (Å²) in [5.74, 6) is -0.691. The first-order chi connectivity index (χ1) is 22.8. The zero-order valence-corrected chi connectivity index (χ0v) is 28.6. The van der Waals surface area contributed by atoms with Crippen LogP contribution in [0.4, 0.5) is 11.4 Å². The molecule has 3 aromatic carbocycles. The summed E-state index contributed by atoms with van der Waals surface area (Å²) in [7, 11) is -4.01. The number of nitrogen functional groups attached to an aromatic ring is 1. The molecule has 48 heavy (non-hydrogen) atoms. The van der Waals surface area contributed by atoms with Crippen molar-refractivity contribution >= 4 is 33.2 Å². The molecule has 1 heterocycles. The van der Waals surface area contributed by atoms with Crippen molar-refractivity contribution in [3.63, 3.8) is 0 Å². The largest absolute Gasteiger partial charge is 0.508 e. The van der Waals surface area contributed by atoms with Gasteiger partial charge in [-0.1, -0.05) is 50.2 Å². The zero-order chi connectivity index (χ0) is 34.8. The van der Waals surface area contributed by atoms with Crippen LogP contribution in [0.5, 0.6) is 5.75 Å². The van der Waals surface area contributed by atoms with Crippen molar-refractivity contribution in [2.75, 3.05) is 63.1 Å². The molecule has 13 heteroatoms. The number of phenols is 1. The SMILES string of the molecule is Cc1c(O)cccc1N(CC(=O)N[C@@H](Cc1ccccc1)[C@H](O)CN(CC(C)C)S(=O)(=O)c1ccc(N)cc1)CC(=O)N1CCOCC1. The highest BCUT2D eigenvalue weighted by Gasteiger charge is 2.32. The second-order valence-electron chi connectivity index (χ2n) is 12.5. The maximum absolute atomic E-state index is 13.8. The lowest BCUT2D eigenvalue weighted by atomic mass is 10.0. The number of hydrogen-bond acceptors (Lipinski definition) is 9. The number of sulfonamides is 1. The molecule has 2 amide bonds. The Morgan fingerprint density at radius 1 is 0.958 bits per heavy atom. The zero-order valence-electron chi connectivity index (χ0n) is 27.8. The van der Waals surface area contributed by atoms with Crippen LogP contribution < -0.4 is 16.0 Å². The first-order valence-electron chi connectivity index (χ1n) is 16.1. The van der Waals surface area contributed by atoms with Gasteiger partial charge in [0.05, 0.1) is 43.3 Å². The molecule has 2 atom stereocenters. The number of aliphatic hydroxyl groups is 1. The summed E-state index contributed by atoms with van der Waals surface area (Å²) in [6, 6.07) is 19.2. The first kappa shape index (κ1) is 36.7. The standard InChI is InChI=1S/C35H47N5O7S/c1-25(2)21-40(48(45,46)29-14-12-28(36)13-15-29)22-33(42)30(20-27-8-5-4-6-9-27)37-34(43)23-39(31-10-7-11-32(41)26(31)3)24-35(44)38-16-18-47-19-17-38/h4-15,25,30,33,41-42H,16-24,36H2,1-3H3,(H,37,43)/t30-,33+/m0/s1. The molecular formula is C35H47N5O7S. The van der Waals surface area contributed by atoms with Crippen LogP contribution in [0.15, 0.2) is 77.7 Å². The van der Waals surface area contributed by atoms with Crippen molar-refractivity contribution in [2.45, 2.75) is 44.2 Å². The third kappa shape index (κ3) is 9.92. The van der Waals surface area contributed by atoms with E-state index in [4.69, 9.17) is 10.5 Å². The molecule has 12 nitrogen and oxygen atoms in total. The van der Waals surface area contributed by atoms with E-state index in [1.54, 1.807) is 28.9 Å². The molecule has 0 spiro atoms. The number of hydrogen-bond donors (Lipinski definition) is 4. The van der Waals surface area contributed by atoms with E-state index in [9.17, 15) is 28.2 Å². The third-order valence-electron chi connectivity index (χ3n) is 8.23. The van der Waals surface area contributed by atoms with Crippen LogP contribution in [0.1, 0.15) is 25.0 Å². The molecule has 0 saturated carbocycles. The highest BCUT2D eigenvalue weighted by Crippen LogP contribution is 2.28. The molecule has 4 rings (SSSR count). The number of anilines is 2. The van der Waals surface area contributed by atoms with E-state index in [2.05, 4.69) is 5.32 Å². The predicted molar refractivity (Wildman–Crippen MR) is 185 cm³/mol. The fourth-order valence-corrected chi connectivity index (χ4v) is 7.26. The number of aliphatic hydroxyl groups excluding tert-OH is 1. The number of aromatic hydroxyl groups is 1. The van der Waals surface area contributed by atoms with Crippen molar-refractivity contribution < 1.29 is 33.0 Å². The molecule has 1 saturated heterocycles. The van der Waals surface area contributed by atoms with Gasteiger partial charge in [0.2, 0.25) is 21.8 Å². The summed E-state index contributed by atoms with van der Waals surface area (Å²) >= 11 is 0. The fourth-order valence-electron chi connectivity index (χ4n) is 5.64. The van der Waals surface area contributed by atoms with Gasteiger partial charge in [-0.3, -0.25) is 9.59 Å². The van der Waals surface area contributed by atoms with Crippen molar-refractivity contribution in [3.8, 4) is 5.75 Å². The van der Waals surface area contributed by atoms with Gasteiger partial charge in [0.15, 0.2) is 0 Å². The minimum absolute atomic E-state index is 0.0293. The number of morpholine rings is 1. The molecule has 0 aliphatic carbocycles. The first-order valence-corrected chi connectivity index (χ1v) is 17.5. The van der Waals surface area contributed by atoms with Gasteiger partial charge in [0.1, 0.15) is 5.75 Å². The van der Waals surface area contributed by atoms with Crippen LogP contribution in [0, 0.1) is 12.8 Å². The Morgan fingerprint density at radius 2 is 1.62 bits per heavy atom. The third-order valence-corrected chi connectivity index (χ3v) is 10.1. The van der Waals surface area contributed by atoms with Gasteiger partial charge < -0.3 is 35.8 Å². The van der Waals surface area contributed by atoms with E-state index in [1.807, 2.05) is 44.2 Å². The Morgan fingerprint density at radius 3 is 2.27 bits per heavy atom. The van der Waals surface area contributed by atoms with Crippen LogP contribution in [-0.4, -0.2) is 104 Å². The summed E-state index contributed by atoms with van der Waals surface area (Å²) in [4.78, 5) is 30.4. The van der Waals surface area contributed by atoms with E-state index in [1.165, 1.54) is 34.6 Å². The van der Waals surface area contributed by atoms with Crippen molar-refractivity contribution in [1.82, 2.24) is 14.5 Å². The van der Waals surface area contributed by atoms with E-state index in [0.29, 0.717) is 43.2 Å². The molecule has 5 N–H and O–H groups in total. The molecule has 260 valence electrons. The quantitative estimate of drug-likeness (QED) is 0.176. The van der Waals surface area contributed by atoms with Gasteiger partial charge in [-0.2, -0.15) is 4.31 Å². The van der Waals surface area contributed by atoms with Gasteiger partial charge in [0.25, 0.3) is 0 Å². The highest BCUT2D eigenvalue weighted by atomic mass is 32.2. The van der Waals surface area contributed by atoms with Gasteiger partial charge in [-0.15, -0.1) is 0 Å². The van der Waals surface area contributed by atoms with Gasteiger partial charge in [-0.05, 0) is 61.2 Å². The lowest BCUT2D eigenvalue weighted by molar-refractivity contribution is -0.133. The molecule has 1 aliphatic heterocycles. The number of nitrogens with two attached hydrogens (primary N) is 1. The number of ether oxygens (including phenoxy) is 1. The van der Waals surface area contributed by atoms with Crippen LogP contribution in [0.2, 0.25) is 0 Å². The van der Waals surface area contributed by atoms with E-state index in [0.717, 1.165) is 5.56 Å². The molecule has 1 fully saturated rings. The average molecular weight is 682 g/mol. The fraction of sp³-hybridized carbons (Fsp3) is 0.429. The number of phenolic OH excluding ortho intramolecular Hbond substituents is 1.